The molecule has 0 spiro atoms. The van der Waals surface area contributed by atoms with Crippen LogP contribution in [0.15, 0.2) is 29.2 Å². The molecule has 7 heteroatoms. The zero-order chi connectivity index (χ0) is 16.8. The summed E-state index contributed by atoms with van der Waals surface area (Å²) in [5, 5.41) is 12.7. The Labute approximate surface area is 136 Å². The molecule has 0 aliphatic heterocycles. The molecule has 22 heavy (non-hydrogen) atoms. The van der Waals surface area contributed by atoms with Crippen molar-refractivity contribution in [2.45, 2.75) is 30.3 Å². The van der Waals surface area contributed by atoms with E-state index in [1.807, 2.05) is 6.26 Å². The predicted molar refractivity (Wildman–Crippen MR) is 89.9 cm³/mol. The molecule has 2 N–H and O–H groups in total. The predicted octanol–water partition coefficient (Wildman–Crippen LogP) is 1.25. The summed E-state index contributed by atoms with van der Waals surface area (Å²) in [4.78, 5) is 12.0. The maximum Gasteiger partial charge on any atom is 0.220 e. The van der Waals surface area contributed by atoms with Crippen LogP contribution in [0.1, 0.15) is 18.9 Å². The second-order valence-corrected chi connectivity index (χ2v) is 8.50. The van der Waals surface area contributed by atoms with Gasteiger partial charge in [0.1, 0.15) is 0 Å². The molecule has 0 saturated carbocycles. The van der Waals surface area contributed by atoms with Crippen molar-refractivity contribution in [1.29, 1.82) is 0 Å². The molecule has 1 rings (SSSR count). The fourth-order valence-electron chi connectivity index (χ4n) is 1.90. The Kier molecular flexibility index (Phi) is 6.90. The first-order chi connectivity index (χ1) is 10.1. The van der Waals surface area contributed by atoms with E-state index in [2.05, 4.69) is 5.32 Å². The lowest BCUT2D eigenvalue weighted by molar-refractivity contribution is -0.122. The normalized spacial score (nSPS) is 14.4. The standard InChI is InChI=1S/C15H23NO4S2/c1-15(18,11-21-2)10-16-14(17)9-6-12-4-7-13(8-5-12)22(3,19)20/h4-5,7-8,18H,6,9-11H2,1-3H3,(H,16,17)/t15-/m1/s1. The number of benzene rings is 1. The van der Waals surface area contributed by atoms with Crippen LogP contribution in [0.25, 0.3) is 0 Å². The maximum absolute atomic E-state index is 11.8. The smallest absolute Gasteiger partial charge is 0.220 e. The van der Waals surface area contributed by atoms with Gasteiger partial charge < -0.3 is 10.4 Å². The SMILES string of the molecule is CSC[C@](C)(O)CNC(=O)CCc1ccc(S(C)(=O)=O)cc1. The minimum atomic E-state index is -3.19. The van der Waals surface area contributed by atoms with E-state index in [-0.39, 0.29) is 17.3 Å². The molecule has 0 saturated heterocycles. The van der Waals surface area contributed by atoms with Crippen LogP contribution in [0.4, 0.5) is 0 Å². The van der Waals surface area contributed by atoms with Crippen molar-refractivity contribution in [3.05, 3.63) is 29.8 Å². The van der Waals surface area contributed by atoms with Gasteiger partial charge in [-0.1, -0.05) is 12.1 Å². The number of nitrogens with one attached hydrogen (secondary N) is 1. The number of sulfone groups is 1. The van der Waals surface area contributed by atoms with Gasteiger partial charge in [0.05, 0.1) is 10.5 Å². The van der Waals surface area contributed by atoms with Crippen LogP contribution in [0.3, 0.4) is 0 Å². The Morgan fingerprint density at radius 1 is 1.32 bits per heavy atom. The summed E-state index contributed by atoms with van der Waals surface area (Å²) < 4.78 is 22.7. The maximum atomic E-state index is 11.8. The number of hydrogen-bond acceptors (Lipinski definition) is 5. The van der Waals surface area contributed by atoms with Gasteiger partial charge in [0.15, 0.2) is 9.84 Å². The number of carbonyl (C=O) groups is 1. The van der Waals surface area contributed by atoms with Crippen LogP contribution in [-0.2, 0) is 21.1 Å². The third-order valence-corrected chi connectivity index (χ3v) is 5.15. The summed E-state index contributed by atoms with van der Waals surface area (Å²) in [5.74, 6) is 0.425. The van der Waals surface area contributed by atoms with Crippen LogP contribution in [-0.4, -0.2) is 49.8 Å². The van der Waals surface area contributed by atoms with Crippen LogP contribution < -0.4 is 5.32 Å². The van der Waals surface area contributed by atoms with E-state index in [4.69, 9.17) is 0 Å². The van der Waals surface area contributed by atoms with Crippen molar-refractivity contribution in [3.8, 4) is 0 Å². The molecule has 124 valence electrons. The molecule has 1 atom stereocenters. The Morgan fingerprint density at radius 2 is 1.91 bits per heavy atom. The molecule has 0 heterocycles. The van der Waals surface area contributed by atoms with Gasteiger partial charge in [-0.05, 0) is 37.3 Å². The molecule has 1 aromatic carbocycles. The molecule has 0 unspecified atom stereocenters. The molecule has 1 aromatic rings. The summed E-state index contributed by atoms with van der Waals surface area (Å²) in [6.07, 6.45) is 3.89. The first-order valence-corrected chi connectivity index (χ1v) is 10.2. The molecule has 0 aliphatic carbocycles. The molecular weight excluding hydrogens is 322 g/mol. The van der Waals surface area contributed by atoms with Crippen molar-refractivity contribution in [2.24, 2.45) is 0 Å². The molecule has 5 nitrogen and oxygen atoms in total. The van der Waals surface area contributed by atoms with E-state index in [1.165, 1.54) is 11.8 Å². The second kappa shape index (κ2) is 7.99. The first-order valence-electron chi connectivity index (χ1n) is 6.91. The molecule has 0 bridgehead atoms. The zero-order valence-corrected chi connectivity index (χ0v) is 14.8. The Morgan fingerprint density at radius 3 is 2.41 bits per heavy atom. The lowest BCUT2D eigenvalue weighted by atomic mass is 10.1. The van der Waals surface area contributed by atoms with Crippen molar-refractivity contribution >= 4 is 27.5 Å². The Balaban J connectivity index is 2.45. The molecule has 1 amide bonds. The van der Waals surface area contributed by atoms with Crippen LogP contribution in [0, 0.1) is 0 Å². The Hall–Kier alpha value is -1.05. The number of aryl methyl sites for hydroxylation is 1. The fourth-order valence-corrected chi connectivity index (χ4v) is 3.25. The van der Waals surface area contributed by atoms with E-state index in [0.29, 0.717) is 18.6 Å². The minimum Gasteiger partial charge on any atom is -0.387 e. The van der Waals surface area contributed by atoms with Gasteiger partial charge >= 0.3 is 0 Å². The van der Waals surface area contributed by atoms with Crippen LogP contribution in [0.2, 0.25) is 0 Å². The number of hydrogen-bond donors (Lipinski definition) is 2. The van der Waals surface area contributed by atoms with Crippen molar-refractivity contribution in [1.82, 2.24) is 5.32 Å². The molecule has 0 aliphatic rings. The highest BCUT2D eigenvalue weighted by atomic mass is 32.2. The van der Waals surface area contributed by atoms with E-state index < -0.39 is 15.4 Å². The van der Waals surface area contributed by atoms with Gasteiger partial charge in [-0.15, -0.1) is 0 Å². The first kappa shape index (κ1) is 19.0. The van der Waals surface area contributed by atoms with Gasteiger partial charge in [-0.25, -0.2) is 8.42 Å². The average molecular weight is 345 g/mol. The average Bonchev–Trinajstić information content (AvgIpc) is 2.42. The Bertz CT molecular complexity index is 594. The third-order valence-electron chi connectivity index (χ3n) is 3.11. The fraction of sp³-hybridized carbons (Fsp3) is 0.533. The molecule has 0 fully saturated rings. The molecular formula is C15H23NO4S2. The van der Waals surface area contributed by atoms with Gasteiger partial charge in [-0.2, -0.15) is 11.8 Å². The van der Waals surface area contributed by atoms with E-state index >= 15 is 0 Å². The van der Waals surface area contributed by atoms with Crippen molar-refractivity contribution in [2.75, 3.05) is 24.8 Å². The number of aliphatic hydroxyl groups is 1. The summed E-state index contributed by atoms with van der Waals surface area (Å²) in [6.45, 7) is 1.91. The third kappa shape index (κ3) is 6.81. The van der Waals surface area contributed by atoms with Gasteiger partial charge in [-0.3, -0.25) is 4.79 Å². The number of amides is 1. The van der Waals surface area contributed by atoms with Gasteiger partial charge in [0.2, 0.25) is 5.91 Å². The van der Waals surface area contributed by atoms with Crippen LogP contribution in [0.5, 0.6) is 0 Å². The quantitative estimate of drug-likeness (QED) is 0.741. The van der Waals surface area contributed by atoms with Crippen molar-refractivity contribution in [3.63, 3.8) is 0 Å². The zero-order valence-electron chi connectivity index (χ0n) is 13.1. The summed E-state index contributed by atoms with van der Waals surface area (Å²) in [5.41, 5.74) is -0.00919. The van der Waals surface area contributed by atoms with E-state index in [0.717, 1.165) is 11.8 Å². The molecule has 0 radical (unpaired) electrons. The highest BCUT2D eigenvalue weighted by Crippen LogP contribution is 2.12. The number of rotatable bonds is 8. The monoisotopic (exact) mass is 345 g/mol. The number of thioether (sulfide) groups is 1. The highest BCUT2D eigenvalue weighted by Gasteiger charge is 2.20. The van der Waals surface area contributed by atoms with Crippen LogP contribution >= 0.6 is 11.8 Å². The van der Waals surface area contributed by atoms with Gasteiger partial charge in [0.25, 0.3) is 0 Å². The topological polar surface area (TPSA) is 83.5 Å². The molecule has 0 aromatic heterocycles. The number of carbonyl (C=O) groups excluding carboxylic acids is 1. The lowest BCUT2D eigenvalue weighted by Crippen LogP contribution is -2.42. The van der Waals surface area contributed by atoms with Crippen molar-refractivity contribution < 1.29 is 18.3 Å². The summed E-state index contributed by atoms with van der Waals surface area (Å²) in [7, 11) is -3.19. The highest BCUT2D eigenvalue weighted by molar-refractivity contribution is 7.98. The van der Waals surface area contributed by atoms with E-state index in [1.54, 1.807) is 31.2 Å². The van der Waals surface area contributed by atoms with E-state index in [9.17, 15) is 18.3 Å². The lowest BCUT2D eigenvalue weighted by Gasteiger charge is -2.22. The summed E-state index contributed by atoms with van der Waals surface area (Å²) in [6, 6.07) is 6.53. The minimum absolute atomic E-state index is 0.131. The summed E-state index contributed by atoms with van der Waals surface area (Å²) >= 11 is 1.52. The second-order valence-electron chi connectivity index (χ2n) is 5.62. The largest absolute Gasteiger partial charge is 0.387 e. The van der Waals surface area contributed by atoms with Gasteiger partial charge in [0, 0.05) is 25.0 Å².